The molecule has 2 N–H and O–H groups in total. The minimum absolute atomic E-state index is 0.247. The molecular weight excluding hydrogens is 331 g/mol. The van der Waals surface area contributed by atoms with Crippen molar-refractivity contribution < 1.29 is 4.39 Å². The summed E-state index contributed by atoms with van der Waals surface area (Å²) in [7, 11) is 0. The second-order valence-electron chi connectivity index (χ2n) is 5.69. The van der Waals surface area contributed by atoms with Gasteiger partial charge >= 0.3 is 0 Å². The first-order valence-electron chi connectivity index (χ1n) is 8.45. The van der Waals surface area contributed by atoms with Crippen molar-refractivity contribution in [2.75, 3.05) is 6.54 Å². The average Bonchev–Trinajstić information content (AvgIpc) is 3.19. The summed E-state index contributed by atoms with van der Waals surface area (Å²) in [6.07, 6.45) is 3.17. The van der Waals surface area contributed by atoms with Crippen molar-refractivity contribution in [3.05, 3.63) is 78.1 Å². The van der Waals surface area contributed by atoms with Gasteiger partial charge in [0.15, 0.2) is 5.96 Å². The van der Waals surface area contributed by atoms with Gasteiger partial charge in [0.1, 0.15) is 18.5 Å². The van der Waals surface area contributed by atoms with Crippen LogP contribution in [0.2, 0.25) is 0 Å². The fourth-order valence-electron chi connectivity index (χ4n) is 2.44. The lowest BCUT2D eigenvalue weighted by molar-refractivity contribution is 0.625. The average molecular weight is 352 g/mol. The van der Waals surface area contributed by atoms with Crippen LogP contribution in [0.5, 0.6) is 0 Å². The molecule has 0 unspecified atom stereocenters. The summed E-state index contributed by atoms with van der Waals surface area (Å²) in [5.74, 6) is 0.445. The Hall–Kier alpha value is -3.22. The molecule has 0 amide bonds. The van der Waals surface area contributed by atoms with Gasteiger partial charge in [-0.15, -0.1) is 0 Å². The number of guanidine groups is 1. The van der Waals surface area contributed by atoms with E-state index in [0.717, 1.165) is 23.4 Å². The van der Waals surface area contributed by atoms with Crippen molar-refractivity contribution in [2.24, 2.45) is 4.99 Å². The summed E-state index contributed by atoms with van der Waals surface area (Å²) in [5.41, 5.74) is 2.91. The van der Waals surface area contributed by atoms with Crippen molar-refractivity contribution in [1.82, 2.24) is 25.4 Å². The van der Waals surface area contributed by atoms with E-state index in [1.165, 1.54) is 18.5 Å². The molecule has 0 atom stereocenters. The summed E-state index contributed by atoms with van der Waals surface area (Å²) in [5, 5.41) is 10.6. The topological polar surface area (TPSA) is 67.1 Å². The second-order valence-corrected chi connectivity index (χ2v) is 5.69. The van der Waals surface area contributed by atoms with Crippen LogP contribution in [0.4, 0.5) is 4.39 Å². The quantitative estimate of drug-likeness (QED) is 0.529. The summed E-state index contributed by atoms with van der Waals surface area (Å²) < 4.78 is 15.0. The summed E-state index contributed by atoms with van der Waals surface area (Å²) in [4.78, 5) is 8.45. The van der Waals surface area contributed by atoms with Gasteiger partial charge in [0.25, 0.3) is 0 Å². The number of hydrogen-bond donors (Lipinski definition) is 2. The highest BCUT2D eigenvalue weighted by molar-refractivity contribution is 5.79. The highest BCUT2D eigenvalue weighted by Crippen LogP contribution is 2.08. The zero-order valence-corrected chi connectivity index (χ0v) is 14.6. The Morgan fingerprint density at radius 1 is 1.12 bits per heavy atom. The molecule has 3 rings (SSSR count). The van der Waals surface area contributed by atoms with Crippen LogP contribution >= 0.6 is 0 Å². The Morgan fingerprint density at radius 3 is 2.65 bits per heavy atom. The molecule has 26 heavy (non-hydrogen) atoms. The van der Waals surface area contributed by atoms with E-state index in [1.807, 2.05) is 37.3 Å². The van der Waals surface area contributed by atoms with Crippen molar-refractivity contribution >= 4 is 5.96 Å². The molecule has 1 heterocycles. The molecule has 0 saturated carbocycles. The van der Waals surface area contributed by atoms with Crippen LogP contribution in [-0.2, 0) is 13.1 Å². The van der Waals surface area contributed by atoms with Gasteiger partial charge in [0, 0.05) is 13.1 Å². The largest absolute Gasteiger partial charge is 0.357 e. The van der Waals surface area contributed by atoms with Gasteiger partial charge in [-0.1, -0.05) is 24.3 Å². The molecule has 2 aromatic carbocycles. The molecule has 134 valence electrons. The number of aromatic nitrogens is 3. The Morgan fingerprint density at radius 2 is 1.96 bits per heavy atom. The monoisotopic (exact) mass is 352 g/mol. The standard InChI is InChI=1S/C19H21FN6/c1-2-22-19(24-12-16-4-3-5-17(20)10-16)23-11-15-6-8-18(9-7-15)26-14-21-13-25-26/h3-10,13-14H,2,11-12H2,1H3,(H2,22,23,24). The van der Waals surface area contributed by atoms with E-state index in [-0.39, 0.29) is 5.82 Å². The fourth-order valence-corrected chi connectivity index (χ4v) is 2.44. The smallest absolute Gasteiger partial charge is 0.191 e. The number of aliphatic imine (C=N–C) groups is 1. The van der Waals surface area contributed by atoms with Crippen LogP contribution in [0.15, 0.2) is 66.2 Å². The SMILES string of the molecule is CCNC(=NCc1cccc(F)c1)NCc1ccc(-n2cncn2)cc1. The van der Waals surface area contributed by atoms with Crippen LogP contribution in [0.1, 0.15) is 18.1 Å². The molecule has 0 spiro atoms. The minimum Gasteiger partial charge on any atom is -0.357 e. The normalized spacial score (nSPS) is 11.4. The first kappa shape index (κ1) is 17.6. The molecule has 0 aliphatic heterocycles. The molecule has 3 aromatic rings. The first-order chi connectivity index (χ1) is 12.7. The van der Waals surface area contributed by atoms with Crippen LogP contribution in [0.3, 0.4) is 0 Å². The summed E-state index contributed by atoms with van der Waals surface area (Å²) >= 11 is 0. The fraction of sp³-hybridized carbons (Fsp3) is 0.211. The van der Waals surface area contributed by atoms with Gasteiger partial charge in [0.05, 0.1) is 12.2 Å². The van der Waals surface area contributed by atoms with Gasteiger partial charge in [-0.25, -0.2) is 19.0 Å². The highest BCUT2D eigenvalue weighted by Gasteiger charge is 2.01. The van der Waals surface area contributed by atoms with Gasteiger partial charge in [0.2, 0.25) is 0 Å². The van der Waals surface area contributed by atoms with E-state index in [4.69, 9.17) is 0 Å². The van der Waals surface area contributed by atoms with Crippen LogP contribution in [-0.4, -0.2) is 27.3 Å². The Bertz CT molecular complexity index is 843. The zero-order chi connectivity index (χ0) is 18.2. The third-order valence-electron chi connectivity index (χ3n) is 3.73. The molecule has 0 saturated heterocycles. The van der Waals surface area contributed by atoms with Gasteiger partial charge in [-0.2, -0.15) is 5.10 Å². The Labute approximate surface area is 151 Å². The molecule has 0 bridgehead atoms. The van der Waals surface area contributed by atoms with E-state index in [9.17, 15) is 4.39 Å². The number of nitrogens with zero attached hydrogens (tertiary/aromatic N) is 4. The first-order valence-corrected chi connectivity index (χ1v) is 8.45. The van der Waals surface area contributed by atoms with Gasteiger partial charge < -0.3 is 10.6 Å². The molecular formula is C19H21FN6. The number of rotatable bonds is 6. The van der Waals surface area contributed by atoms with Crippen molar-refractivity contribution in [3.8, 4) is 5.69 Å². The van der Waals surface area contributed by atoms with Gasteiger partial charge in [-0.3, -0.25) is 0 Å². The van der Waals surface area contributed by atoms with Crippen molar-refractivity contribution in [2.45, 2.75) is 20.0 Å². The molecule has 0 radical (unpaired) electrons. The van der Waals surface area contributed by atoms with Crippen LogP contribution < -0.4 is 10.6 Å². The summed E-state index contributed by atoms with van der Waals surface area (Å²) in [6.45, 7) is 3.80. The van der Waals surface area contributed by atoms with Gasteiger partial charge in [-0.05, 0) is 42.3 Å². The summed E-state index contributed by atoms with van der Waals surface area (Å²) in [6, 6.07) is 14.5. The molecule has 1 aromatic heterocycles. The Kier molecular flexibility index (Phi) is 5.92. The number of halogens is 1. The van der Waals surface area contributed by atoms with E-state index in [0.29, 0.717) is 19.0 Å². The maximum absolute atomic E-state index is 13.3. The van der Waals surface area contributed by atoms with Crippen molar-refractivity contribution in [1.29, 1.82) is 0 Å². The van der Waals surface area contributed by atoms with Crippen molar-refractivity contribution in [3.63, 3.8) is 0 Å². The van der Waals surface area contributed by atoms with Crippen LogP contribution in [0, 0.1) is 5.82 Å². The second kappa shape index (κ2) is 8.75. The zero-order valence-electron chi connectivity index (χ0n) is 14.6. The maximum atomic E-state index is 13.3. The molecule has 0 aliphatic rings. The van der Waals surface area contributed by atoms with E-state index >= 15 is 0 Å². The van der Waals surface area contributed by atoms with Crippen LogP contribution in [0.25, 0.3) is 5.69 Å². The molecule has 6 nitrogen and oxygen atoms in total. The lowest BCUT2D eigenvalue weighted by Gasteiger charge is -2.12. The predicted octanol–water partition coefficient (Wildman–Crippen LogP) is 2.66. The molecule has 7 heteroatoms. The number of nitrogens with one attached hydrogen (secondary N) is 2. The number of benzene rings is 2. The minimum atomic E-state index is -0.247. The number of hydrogen-bond acceptors (Lipinski definition) is 3. The van der Waals surface area contributed by atoms with E-state index in [2.05, 4.69) is 25.7 Å². The predicted molar refractivity (Wildman–Crippen MR) is 99.4 cm³/mol. The van der Waals surface area contributed by atoms with E-state index < -0.39 is 0 Å². The highest BCUT2D eigenvalue weighted by atomic mass is 19.1. The van der Waals surface area contributed by atoms with E-state index in [1.54, 1.807) is 17.1 Å². The third kappa shape index (κ3) is 4.89. The Balaban J connectivity index is 1.60. The molecule has 0 fully saturated rings. The molecule has 0 aliphatic carbocycles. The lowest BCUT2D eigenvalue weighted by Crippen LogP contribution is -2.36. The maximum Gasteiger partial charge on any atom is 0.191 e. The third-order valence-corrected chi connectivity index (χ3v) is 3.73. The lowest BCUT2D eigenvalue weighted by atomic mass is 10.2.